The summed E-state index contributed by atoms with van der Waals surface area (Å²) in [5, 5.41) is 13.9. The fourth-order valence-electron chi connectivity index (χ4n) is 4.97. The standard InChI is InChI=1S/C28H31N7O2/c1-34-11-4-5-20(34)10-12-37-21-7-8-22-23(17-35(2)25(22)14-21)27-18(15-29)16-31-28(33-27)32-24-13-19(30)6-9-26(24)36-3/h6-9,13-14,16-17,20H,4-5,10-12,30H2,1-3H3,(H,31,32,33). The van der Waals surface area contributed by atoms with Gasteiger partial charge in [-0.05, 0) is 63.2 Å². The molecule has 1 unspecified atom stereocenters. The van der Waals surface area contributed by atoms with Crippen LogP contribution in [0.5, 0.6) is 11.5 Å². The number of hydrogen-bond donors (Lipinski definition) is 2. The highest BCUT2D eigenvalue weighted by molar-refractivity contribution is 5.97. The summed E-state index contributed by atoms with van der Waals surface area (Å²) in [6, 6.07) is 14.2. The minimum atomic E-state index is 0.340. The van der Waals surface area contributed by atoms with Crippen molar-refractivity contribution in [2.45, 2.75) is 25.3 Å². The number of nitrogens with one attached hydrogen (secondary N) is 1. The van der Waals surface area contributed by atoms with Crippen molar-refractivity contribution < 1.29 is 9.47 Å². The highest BCUT2D eigenvalue weighted by Crippen LogP contribution is 2.35. The Morgan fingerprint density at radius 1 is 1.22 bits per heavy atom. The van der Waals surface area contributed by atoms with E-state index in [0.29, 0.717) is 47.0 Å². The molecule has 9 nitrogen and oxygen atoms in total. The summed E-state index contributed by atoms with van der Waals surface area (Å²) < 4.78 is 13.6. The van der Waals surface area contributed by atoms with Crippen molar-refractivity contribution in [3.63, 3.8) is 0 Å². The maximum Gasteiger partial charge on any atom is 0.227 e. The number of nitriles is 1. The van der Waals surface area contributed by atoms with Crippen molar-refractivity contribution in [3.05, 3.63) is 54.4 Å². The lowest BCUT2D eigenvalue weighted by Gasteiger charge is -2.19. The van der Waals surface area contributed by atoms with Crippen molar-refractivity contribution in [1.82, 2.24) is 19.4 Å². The predicted octanol–water partition coefficient (Wildman–Crippen LogP) is 4.70. The Hall–Kier alpha value is -4.29. The van der Waals surface area contributed by atoms with E-state index in [1.54, 1.807) is 25.3 Å². The molecule has 3 heterocycles. The number of hydrogen-bond acceptors (Lipinski definition) is 8. The van der Waals surface area contributed by atoms with Crippen LogP contribution < -0.4 is 20.5 Å². The average molecular weight is 498 g/mol. The van der Waals surface area contributed by atoms with E-state index < -0.39 is 0 Å². The van der Waals surface area contributed by atoms with E-state index in [2.05, 4.69) is 28.3 Å². The number of ether oxygens (including phenoxy) is 2. The van der Waals surface area contributed by atoms with E-state index in [0.717, 1.165) is 28.6 Å². The molecule has 9 heteroatoms. The minimum absolute atomic E-state index is 0.340. The van der Waals surface area contributed by atoms with E-state index >= 15 is 0 Å². The Labute approximate surface area is 216 Å². The molecule has 190 valence electrons. The number of fused-ring (bicyclic) bond motifs is 1. The fourth-order valence-corrected chi connectivity index (χ4v) is 4.97. The van der Waals surface area contributed by atoms with Gasteiger partial charge >= 0.3 is 0 Å². The molecule has 3 N–H and O–H groups in total. The number of nitrogen functional groups attached to an aromatic ring is 1. The van der Waals surface area contributed by atoms with E-state index in [-0.39, 0.29) is 0 Å². The van der Waals surface area contributed by atoms with Crippen LogP contribution in [0.1, 0.15) is 24.8 Å². The number of anilines is 3. The zero-order chi connectivity index (χ0) is 25.9. The molecule has 0 amide bonds. The van der Waals surface area contributed by atoms with Gasteiger partial charge in [-0.1, -0.05) is 0 Å². The first kappa shape index (κ1) is 24.4. The summed E-state index contributed by atoms with van der Waals surface area (Å²) in [7, 11) is 5.75. The van der Waals surface area contributed by atoms with Gasteiger partial charge in [-0.3, -0.25) is 0 Å². The van der Waals surface area contributed by atoms with Gasteiger partial charge in [0, 0.05) is 42.0 Å². The zero-order valence-electron chi connectivity index (χ0n) is 21.4. The number of benzene rings is 2. The summed E-state index contributed by atoms with van der Waals surface area (Å²) in [6.45, 7) is 1.85. The van der Waals surface area contributed by atoms with Gasteiger partial charge in [0.05, 0.1) is 42.4 Å². The van der Waals surface area contributed by atoms with Gasteiger partial charge in [0.2, 0.25) is 5.95 Å². The largest absolute Gasteiger partial charge is 0.495 e. The molecule has 1 atom stereocenters. The van der Waals surface area contributed by atoms with Crippen LogP contribution >= 0.6 is 0 Å². The van der Waals surface area contributed by atoms with E-state index in [9.17, 15) is 5.26 Å². The van der Waals surface area contributed by atoms with Gasteiger partial charge in [-0.15, -0.1) is 0 Å². The number of likely N-dealkylation sites (tertiary alicyclic amines) is 1. The number of nitrogens with two attached hydrogens (primary N) is 1. The Balaban J connectivity index is 1.43. The Bertz CT molecular complexity index is 1470. The van der Waals surface area contributed by atoms with Crippen molar-refractivity contribution in [3.8, 4) is 28.8 Å². The molecule has 5 rings (SSSR count). The maximum absolute atomic E-state index is 9.79. The molecule has 37 heavy (non-hydrogen) atoms. The van der Waals surface area contributed by atoms with Crippen molar-refractivity contribution in [2.24, 2.45) is 7.05 Å². The van der Waals surface area contributed by atoms with Crippen LogP contribution in [0, 0.1) is 11.3 Å². The molecular formula is C28H31N7O2. The lowest BCUT2D eigenvalue weighted by Crippen LogP contribution is -2.26. The van der Waals surface area contributed by atoms with Gasteiger partial charge in [0.25, 0.3) is 0 Å². The number of rotatable bonds is 8. The number of nitrogens with zero attached hydrogens (tertiary/aromatic N) is 5. The molecule has 1 fully saturated rings. The van der Waals surface area contributed by atoms with Crippen LogP contribution in [0.4, 0.5) is 17.3 Å². The summed E-state index contributed by atoms with van der Waals surface area (Å²) in [5.74, 6) is 1.79. The molecule has 1 aliphatic rings. The second-order valence-corrected chi connectivity index (χ2v) is 9.40. The molecule has 1 aliphatic heterocycles. The molecule has 0 bridgehead atoms. The van der Waals surface area contributed by atoms with Gasteiger partial charge in [0.15, 0.2) is 0 Å². The van der Waals surface area contributed by atoms with E-state index in [1.165, 1.54) is 25.6 Å². The zero-order valence-corrected chi connectivity index (χ0v) is 21.4. The van der Waals surface area contributed by atoms with Gasteiger partial charge < -0.3 is 30.0 Å². The van der Waals surface area contributed by atoms with Crippen LogP contribution in [0.25, 0.3) is 22.2 Å². The van der Waals surface area contributed by atoms with Gasteiger partial charge in [-0.2, -0.15) is 5.26 Å². The topological polar surface area (TPSA) is 114 Å². The normalized spacial score (nSPS) is 15.6. The second kappa shape index (κ2) is 10.4. The predicted molar refractivity (Wildman–Crippen MR) is 145 cm³/mol. The van der Waals surface area contributed by atoms with Crippen LogP contribution in [-0.2, 0) is 7.05 Å². The fraction of sp³-hybridized carbons (Fsp3) is 0.321. The third kappa shape index (κ3) is 5.01. The molecule has 0 aliphatic carbocycles. The highest BCUT2D eigenvalue weighted by Gasteiger charge is 2.21. The lowest BCUT2D eigenvalue weighted by molar-refractivity contribution is 0.233. The summed E-state index contributed by atoms with van der Waals surface area (Å²) >= 11 is 0. The maximum atomic E-state index is 9.79. The first-order valence-corrected chi connectivity index (χ1v) is 12.4. The van der Waals surface area contributed by atoms with Crippen molar-refractivity contribution in [1.29, 1.82) is 5.26 Å². The first-order chi connectivity index (χ1) is 18.0. The third-order valence-electron chi connectivity index (χ3n) is 6.99. The van der Waals surface area contributed by atoms with Crippen molar-refractivity contribution >= 4 is 28.2 Å². The summed E-state index contributed by atoms with van der Waals surface area (Å²) in [4.78, 5) is 11.5. The van der Waals surface area contributed by atoms with Crippen LogP contribution in [0.2, 0.25) is 0 Å². The highest BCUT2D eigenvalue weighted by atomic mass is 16.5. The van der Waals surface area contributed by atoms with E-state index in [4.69, 9.17) is 20.2 Å². The van der Waals surface area contributed by atoms with Crippen LogP contribution in [0.15, 0.2) is 48.8 Å². The average Bonchev–Trinajstić information content (AvgIpc) is 3.46. The quantitative estimate of drug-likeness (QED) is 0.337. The monoisotopic (exact) mass is 497 g/mol. The SMILES string of the molecule is COc1ccc(N)cc1Nc1ncc(C#N)c(-c2cn(C)c3cc(OCCC4CCCN4C)ccc23)n1. The lowest BCUT2D eigenvalue weighted by atomic mass is 10.1. The molecule has 2 aromatic carbocycles. The van der Waals surface area contributed by atoms with Gasteiger partial charge in [0.1, 0.15) is 17.6 Å². The minimum Gasteiger partial charge on any atom is -0.495 e. The van der Waals surface area contributed by atoms with E-state index in [1.807, 2.05) is 36.0 Å². The first-order valence-electron chi connectivity index (χ1n) is 12.4. The molecule has 1 saturated heterocycles. The van der Waals surface area contributed by atoms with Gasteiger partial charge in [-0.25, -0.2) is 9.97 Å². The number of aromatic nitrogens is 3. The molecule has 0 saturated carbocycles. The molecule has 4 aromatic rings. The second-order valence-electron chi connectivity index (χ2n) is 9.40. The van der Waals surface area contributed by atoms with Crippen molar-refractivity contribution in [2.75, 3.05) is 38.4 Å². The molecular weight excluding hydrogens is 466 g/mol. The Morgan fingerprint density at radius 3 is 2.84 bits per heavy atom. The number of aryl methyl sites for hydroxylation is 1. The summed E-state index contributed by atoms with van der Waals surface area (Å²) in [5.41, 5.74) is 9.96. The van der Waals surface area contributed by atoms with Crippen LogP contribution in [0.3, 0.4) is 0 Å². The molecule has 0 spiro atoms. The number of methoxy groups -OCH3 is 1. The Morgan fingerprint density at radius 2 is 2.08 bits per heavy atom. The molecule has 0 radical (unpaired) electrons. The van der Waals surface area contributed by atoms with Crippen LogP contribution in [-0.4, -0.2) is 52.8 Å². The third-order valence-corrected chi connectivity index (χ3v) is 6.99. The summed E-state index contributed by atoms with van der Waals surface area (Å²) in [6.07, 6.45) is 7.03. The Kier molecular flexibility index (Phi) is 6.84. The molecule has 2 aromatic heterocycles. The smallest absolute Gasteiger partial charge is 0.227 e.